The fraction of sp³-hybridized carbons (Fsp3) is 0.480. The summed E-state index contributed by atoms with van der Waals surface area (Å²) in [7, 11) is 3.84. The van der Waals surface area contributed by atoms with Gasteiger partial charge in [0.25, 0.3) is 0 Å². The van der Waals surface area contributed by atoms with Gasteiger partial charge in [-0.3, -0.25) is 4.90 Å². The van der Waals surface area contributed by atoms with E-state index in [0.717, 1.165) is 74.7 Å². The third-order valence-electron chi connectivity index (χ3n) is 6.82. The average molecular weight is 437 g/mol. The highest BCUT2D eigenvalue weighted by Gasteiger charge is 2.29. The number of carbonyl (C=O) groups excluding carboxylic acids is 1. The van der Waals surface area contributed by atoms with Crippen LogP contribution in [0.2, 0.25) is 0 Å². The smallest absolute Gasteiger partial charge is 0.322 e. The monoisotopic (exact) mass is 436 g/mol. The maximum absolute atomic E-state index is 13.2. The van der Waals surface area contributed by atoms with Gasteiger partial charge in [0.2, 0.25) is 0 Å². The highest BCUT2D eigenvalue weighted by molar-refractivity contribution is 5.93. The van der Waals surface area contributed by atoms with Gasteiger partial charge in [0, 0.05) is 56.1 Å². The molecule has 0 unspecified atom stereocenters. The maximum Gasteiger partial charge on any atom is 0.322 e. The SMILES string of the molecule is COc1ccc2c(c1)CCCN2C(=O)N[C@@H]1COc2cccc(N3CCN(C)CC3)c2C1. The van der Waals surface area contributed by atoms with Crippen molar-refractivity contribution < 1.29 is 14.3 Å². The van der Waals surface area contributed by atoms with Crippen LogP contribution in [0.5, 0.6) is 11.5 Å². The summed E-state index contributed by atoms with van der Waals surface area (Å²) in [5.41, 5.74) is 4.58. The topological polar surface area (TPSA) is 57.3 Å². The van der Waals surface area contributed by atoms with Crippen molar-refractivity contribution in [2.45, 2.75) is 25.3 Å². The molecule has 5 rings (SSSR count). The number of likely N-dealkylation sites (N-methyl/N-ethyl adjacent to an activating group) is 1. The zero-order valence-corrected chi connectivity index (χ0v) is 19.0. The summed E-state index contributed by atoms with van der Waals surface area (Å²) in [5, 5.41) is 3.24. The van der Waals surface area contributed by atoms with Gasteiger partial charge in [-0.05, 0) is 55.8 Å². The molecule has 1 fully saturated rings. The molecule has 1 saturated heterocycles. The van der Waals surface area contributed by atoms with Crippen molar-refractivity contribution in [3.05, 3.63) is 47.5 Å². The Hall–Kier alpha value is -2.93. The number of nitrogens with zero attached hydrogens (tertiary/aromatic N) is 3. The van der Waals surface area contributed by atoms with Crippen LogP contribution in [0.25, 0.3) is 0 Å². The van der Waals surface area contributed by atoms with Gasteiger partial charge in [-0.15, -0.1) is 0 Å². The first kappa shape index (κ1) is 20.9. The molecule has 170 valence electrons. The maximum atomic E-state index is 13.2. The average Bonchev–Trinajstić information content (AvgIpc) is 2.83. The van der Waals surface area contributed by atoms with Crippen molar-refractivity contribution in [1.29, 1.82) is 0 Å². The van der Waals surface area contributed by atoms with Crippen LogP contribution in [-0.2, 0) is 12.8 Å². The number of nitrogens with one attached hydrogen (secondary N) is 1. The number of carbonyl (C=O) groups is 1. The molecule has 1 atom stereocenters. The molecule has 3 aliphatic heterocycles. The largest absolute Gasteiger partial charge is 0.497 e. The number of hydrogen-bond acceptors (Lipinski definition) is 5. The highest BCUT2D eigenvalue weighted by atomic mass is 16.5. The zero-order valence-electron chi connectivity index (χ0n) is 19.0. The molecule has 2 amide bonds. The lowest BCUT2D eigenvalue weighted by Crippen LogP contribution is -2.50. The van der Waals surface area contributed by atoms with Crippen LogP contribution >= 0.6 is 0 Å². The summed E-state index contributed by atoms with van der Waals surface area (Å²) in [6.45, 7) is 5.36. The van der Waals surface area contributed by atoms with E-state index in [1.165, 1.54) is 11.3 Å². The van der Waals surface area contributed by atoms with Gasteiger partial charge in [-0.1, -0.05) is 6.07 Å². The van der Waals surface area contributed by atoms with Crippen molar-refractivity contribution >= 4 is 17.4 Å². The van der Waals surface area contributed by atoms with E-state index in [0.29, 0.717) is 6.61 Å². The molecule has 0 bridgehead atoms. The first-order valence-electron chi connectivity index (χ1n) is 11.6. The van der Waals surface area contributed by atoms with Crippen molar-refractivity contribution in [3.63, 3.8) is 0 Å². The molecule has 0 radical (unpaired) electrons. The second-order valence-corrected chi connectivity index (χ2v) is 8.96. The van der Waals surface area contributed by atoms with Crippen LogP contribution in [0.15, 0.2) is 36.4 Å². The number of urea groups is 1. The fourth-order valence-electron chi connectivity index (χ4n) is 4.99. The van der Waals surface area contributed by atoms with Gasteiger partial charge in [-0.2, -0.15) is 0 Å². The van der Waals surface area contributed by atoms with Crippen LogP contribution in [0.3, 0.4) is 0 Å². The highest BCUT2D eigenvalue weighted by Crippen LogP contribution is 2.35. The summed E-state index contributed by atoms with van der Waals surface area (Å²) in [6, 6.07) is 12.2. The van der Waals surface area contributed by atoms with Gasteiger partial charge >= 0.3 is 6.03 Å². The Balaban J connectivity index is 1.30. The molecule has 2 aromatic rings. The zero-order chi connectivity index (χ0) is 22.1. The molecule has 7 heteroatoms. The number of ether oxygens (including phenoxy) is 2. The molecule has 2 aromatic carbocycles. The van der Waals surface area contributed by atoms with Crippen molar-refractivity contribution in [1.82, 2.24) is 10.2 Å². The molecule has 0 aromatic heterocycles. The number of fused-ring (bicyclic) bond motifs is 2. The van der Waals surface area contributed by atoms with Crippen LogP contribution in [0, 0.1) is 0 Å². The van der Waals surface area contributed by atoms with Gasteiger partial charge < -0.3 is 24.6 Å². The minimum absolute atomic E-state index is 0.0489. The lowest BCUT2D eigenvalue weighted by Gasteiger charge is -2.37. The minimum atomic E-state index is -0.0507. The number of aryl methyl sites for hydroxylation is 1. The summed E-state index contributed by atoms with van der Waals surface area (Å²) < 4.78 is 11.4. The molecule has 3 heterocycles. The molecule has 32 heavy (non-hydrogen) atoms. The first-order valence-corrected chi connectivity index (χ1v) is 11.6. The Morgan fingerprint density at radius 1 is 1.09 bits per heavy atom. The van der Waals surface area contributed by atoms with E-state index >= 15 is 0 Å². The van der Waals surface area contributed by atoms with Crippen molar-refractivity contribution in [2.24, 2.45) is 0 Å². The number of anilines is 2. The predicted octanol–water partition coefficient (Wildman–Crippen LogP) is 2.91. The van der Waals surface area contributed by atoms with E-state index in [9.17, 15) is 4.79 Å². The lowest BCUT2D eigenvalue weighted by molar-refractivity contribution is 0.218. The molecular weight excluding hydrogens is 404 g/mol. The number of amides is 2. The number of benzene rings is 2. The Bertz CT molecular complexity index is 987. The normalized spacial score (nSPS) is 20.8. The quantitative estimate of drug-likeness (QED) is 0.802. The molecule has 7 nitrogen and oxygen atoms in total. The standard InChI is InChI=1S/C25H32N4O3/c1-27-11-13-28(14-12-27)23-6-3-7-24-21(23)16-19(17-32-24)26-25(30)29-10-4-5-18-15-20(31-2)8-9-22(18)29/h3,6-9,15,19H,4-5,10-14,16-17H2,1-2H3,(H,26,30)/t19-/m0/s1. The van der Waals surface area contributed by atoms with E-state index in [1.54, 1.807) is 7.11 Å². The third-order valence-corrected chi connectivity index (χ3v) is 6.82. The van der Waals surface area contributed by atoms with E-state index in [-0.39, 0.29) is 12.1 Å². The lowest BCUT2D eigenvalue weighted by atomic mass is 9.99. The third kappa shape index (κ3) is 4.09. The van der Waals surface area contributed by atoms with Gasteiger partial charge in [0.15, 0.2) is 0 Å². The van der Waals surface area contributed by atoms with Gasteiger partial charge in [-0.25, -0.2) is 4.79 Å². The Morgan fingerprint density at radius 2 is 1.94 bits per heavy atom. The molecule has 1 N–H and O–H groups in total. The van der Waals surface area contributed by atoms with Crippen LogP contribution < -0.4 is 24.6 Å². The number of piperazine rings is 1. The summed E-state index contributed by atoms with van der Waals surface area (Å²) in [6.07, 6.45) is 2.70. The van der Waals surface area contributed by atoms with Crippen LogP contribution in [-0.4, -0.2) is 70.5 Å². The number of hydrogen-bond donors (Lipinski definition) is 1. The first-order chi connectivity index (χ1) is 15.6. The minimum Gasteiger partial charge on any atom is -0.497 e. The summed E-state index contributed by atoms with van der Waals surface area (Å²) in [4.78, 5) is 19.9. The van der Waals surface area contributed by atoms with E-state index in [4.69, 9.17) is 9.47 Å². The number of methoxy groups -OCH3 is 1. The molecule has 0 saturated carbocycles. The number of rotatable bonds is 3. The Kier molecular flexibility index (Phi) is 5.83. The molecule has 0 aliphatic carbocycles. The second-order valence-electron chi connectivity index (χ2n) is 8.96. The summed E-state index contributed by atoms with van der Waals surface area (Å²) in [5.74, 6) is 1.78. The fourth-order valence-corrected chi connectivity index (χ4v) is 4.99. The summed E-state index contributed by atoms with van der Waals surface area (Å²) >= 11 is 0. The van der Waals surface area contributed by atoms with E-state index in [2.05, 4.69) is 34.3 Å². The van der Waals surface area contributed by atoms with E-state index in [1.807, 2.05) is 29.2 Å². The van der Waals surface area contributed by atoms with Crippen LogP contribution in [0.4, 0.5) is 16.2 Å². The molecule has 3 aliphatic rings. The molecule has 0 spiro atoms. The van der Waals surface area contributed by atoms with E-state index < -0.39 is 0 Å². The molecular formula is C25H32N4O3. The Morgan fingerprint density at radius 3 is 2.75 bits per heavy atom. The Labute approximate surface area is 189 Å². The van der Waals surface area contributed by atoms with Crippen molar-refractivity contribution in [2.75, 3.05) is 63.3 Å². The van der Waals surface area contributed by atoms with Crippen molar-refractivity contribution in [3.8, 4) is 11.5 Å². The second kappa shape index (κ2) is 8.90. The predicted molar refractivity (Wildman–Crippen MR) is 126 cm³/mol. The van der Waals surface area contributed by atoms with Gasteiger partial charge in [0.1, 0.15) is 18.1 Å². The van der Waals surface area contributed by atoms with Crippen LogP contribution in [0.1, 0.15) is 17.5 Å². The van der Waals surface area contributed by atoms with Gasteiger partial charge in [0.05, 0.1) is 13.2 Å².